The van der Waals surface area contributed by atoms with Gasteiger partial charge in [0, 0.05) is 35.4 Å². The second kappa shape index (κ2) is 8.00. The molecule has 8 heteroatoms. The molecule has 0 atom stereocenters. The van der Waals surface area contributed by atoms with Gasteiger partial charge >= 0.3 is 58.4 Å². The third kappa shape index (κ3) is 6.23. The molecular formula is C11H14BF3IKN2. The first-order chi connectivity index (χ1) is 8.44. The van der Waals surface area contributed by atoms with Crippen LogP contribution in [0.1, 0.15) is 5.56 Å². The Morgan fingerprint density at radius 3 is 2.37 bits per heavy atom. The number of anilines is 1. The Kier molecular flexibility index (Phi) is 7.68. The van der Waals surface area contributed by atoms with Gasteiger partial charge in [-0.15, -0.1) is 0 Å². The molecular weight excluding hydrogens is 394 g/mol. The molecule has 2 rings (SSSR count). The van der Waals surface area contributed by atoms with Crippen molar-refractivity contribution in [3.05, 3.63) is 27.3 Å². The van der Waals surface area contributed by atoms with E-state index in [2.05, 4.69) is 32.8 Å². The average Bonchev–Trinajstić information content (AvgIpc) is 2.27. The Morgan fingerprint density at radius 1 is 1.16 bits per heavy atom. The van der Waals surface area contributed by atoms with Gasteiger partial charge in [-0.25, -0.2) is 0 Å². The van der Waals surface area contributed by atoms with Crippen LogP contribution in [0.2, 0.25) is 0 Å². The van der Waals surface area contributed by atoms with Gasteiger partial charge in [0.2, 0.25) is 0 Å². The Balaban J connectivity index is 0.00000180. The quantitative estimate of drug-likeness (QED) is 0.543. The van der Waals surface area contributed by atoms with E-state index in [0.717, 1.165) is 35.4 Å². The minimum atomic E-state index is -4.77. The molecule has 1 aliphatic rings. The van der Waals surface area contributed by atoms with Crippen molar-refractivity contribution in [2.45, 2.75) is 6.32 Å². The minimum absolute atomic E-state index is 0. The molecule has 1 saturated heterocycles. The SMILES string of the molecule is F[B-](F)(F)Cc1cc(I)cc(N2CCNCC2)c1.[K+]. The molecule has 1 aliphatic heterocycles. The first kappa shape index (κ1) is 18.3. The Bertz CT molecular complexity index is 425. The van der Waals surface area contributed by atoms with Crippen LogP contribution in [0.15, 0.2) is 18.2 Å². The molecule has 1 N–H and O–H groups in total. The number of halogens is 4. The maximum Gasteiger partial charge on any atom is 1.00 e. The fraction of sp³-hybridized carbons (Fsp3) is 0.455. The second-order valence-corrected chi connectivity index (χ2v) is 5.71. The van der Waals surface area contributed by atoms with Gasteiger partial charge in [0.25, 0.3) is 0 Å². The van der Waals surface area contributed by atoms with Gasteiger partial charge in [0.05, 0.1) is 0 Å². The van der Waals surface area contributed by atoms with Crippen LogP contribution < -0.4 is 61.6 Å². The maximum atomic E-state index is 12.5. The predicted molar refractivity (Wildman–Crippen MR) is 77.0 cm³/mol. The summed E-state index contributed by atoms with van der Waals surface area (Å²) in [6.45, 7) is -1.32. The summed E-state index contributed by atoms with van der Waals surface area (Å²) < 4.78 is 38.3. The van der Waals surface area contributed by atoms with E-state index in [-0.39, 0.29) is 51.4 Å². The fourth-order valence-electron chi connectivity index (χ4n) is 2.12. The van der Waals surface area contributed by atoms with E-state index in [1.54, 1.807) is 12.1 Å². The van der Waals surface area contributed by atoms with Crippen molar-refractivity contribution < 1.29 is 64.3 Å². The van der Waals surface area contributed by atoms with Gasteiger partial charge in [0.1, 0.15) is 0 Å². The fourth-order valence-corrected chi connectivity index (χ4v) is 2.84. The molecule has 1 fully saturated rings. The smallest absolute Gasteiger partial charge is 0.449 e. The van der Waals surface area contributed by atoms with Crippen molar-refractivity contribution in [3.8, 4) is 0 Å². The Morgan fingerprint density at radius 2 is 1.79 bits per heavy atom. The van der Waals surface area contributed by atoms with Crippen LogP contribution in [0.4, 0.5) is 18.6 Å². The van der Waals surface area contributed by atoms with Crippen LogP contribution in [-0.2, 0) is 6.32 Å². The van der Waals surface area contributed by atoms with Gasteiger partial charge in [-0.3, -0.25) is 0 Å². The third-order valence-corrected chi connectivity index (χ3v) is 3.51. The van der Waals surface area contributed by atoms with Crippen molar-refractivity contribution in [2.24, 2.45) is 0 Å². The average molecular weight is 408 g/mol. The van der Waals surface area contributed by atoms with Gasteiger partial charge in [-0.2, -0.15) is 0 Å². The normalized spacial score (nSPS) is 16.1. The number of nitrogens with zero attached hydrogens (tertiary/aromatic N) is 1. The van der Waals surface area contributed by atoms with E-state index >= 15 is 0 Å². The molecule has 0 saturated carbocycles. The van der Waals surface area contributed by atoms with E-state index in [1.165, 1.54) is 0 Å². The second-order valence-electron chi connectivity index (χ2n) is 4.47. The molecule has 100 valence electrons. The van der Waals surface area contributed by atoms with Gasteiger partial charge in [-0.1, -0.05) is 11.9 Å². The summed E-state index contributed by atoms with van der Waals surface area (Å²) in [5.74, 6) is 0. The van der Waals surface area contributed by atoms with Gasteiger partial charge in [-0.05, 0) is 40.8 Å². The van der Waals surface area contributed by atoms with Gasteiger partial charge in [0.15, 0.2) is 0 Å². The Hall–Kier alpha value is 1.20. The number of hydrogen-bond acceptors (Lipinski definition) is 2. The summed E-state index contributed by atoms with van der Waals surface area (Å²) in [4.78, 5) is 2.13. The third-order valence-electron chi connectivity index (χ3n) is 2.89. The predicted octanol–water partition coefficient (Wildman–Crippen LogP) is -0.366. The molecule has 1 aromatic carbocycles. The molecule has 0 amide bonds. The van der Waals surface area contributed by atoms with Crippen molar-refractivity contribution in [2.75, 3.05) is 31.1 Å². The van der Waals surface area contributed by atoms with Crippen molar-refractivity contribution in [1.29, 1.82) is 0 Å². The van der Waals surface area contributed by atoms with Crippen LogP contribution in [0.3, 0.4) is 0 Å². The molecule has 2 nitrogen and oxygen atoms in total. The van der Waals surface area contributed by atoms with Crippen LogP contribution in [0, 0.1) is 3.57 Å². The standard InChI is InChI=1S/C11H14BF3IN2.K/c13-12(14,15)8-9-5-10(16)7-11(6-9)18-3-1-17-2-4-18;/h5-7,17H,1-4,8H2;/q-1;+1. The van der Waals surface area contributed by atoms with Gasteiger partial charge < -0.3 is 23.2 Å². The molecule has 0 bridgehead atoms. The van der Waals surface area contributed by atoms with E-state index in [9.17, 15) is 12.9 Å². The first-order valence-corrected chi connectivity index (χ1v) is 6.98. The molecule has 0 aromatic heterocycles. The number of piperazine rings is 1. The molecule has 1 heterocycles. The zero-order valence-corrected chi connectivity index (χ0v) is 16.1. The molecule has 0 unspecified atom stereocenters. The minimum Gasteiger partial charge on any atom is -0.449 e. The van der Waals surface area contributed by atoms with Crippen molar-refractivity contribution >= 4 is 35.3 Å². The molecule has 0 aliphatic carbocycles. The number of nitrogens with one attached hydrogen (secondary N) is 1. The monoisotopic (exact) mass is 408 g/mol. The maximum absolute atomic E-state index is 12.5. The van der Waals surface area contributed by atoms with Crippen LogP contribution >= 0.6 is 22.6 Å². The molecule has 19 heavy (non-hydrogen) atoms. The number of rotatable bonds is 3. The van der Waals surface area contributed by atoms with Crippen molar-refractivity contribution in [1.82, 2.24) is 5.32 Å². The van der Waals surface area contributed by atoms with Crippen LogP contribution in [0.5, 0.6) is 0 Å². The summed E-state index contributed by atoms with van der Waals surface area (Å²) in [5.41, 5.74) is 1.27. The Labute approximate surface area is 167 Å². The number of hydrogen-bond donors (Lipinski definition) is 1. The van der Waals surface area contributed by atoms with E-state index in [1.807, 2.05) is 6.07 Å². The van der Waals surface area contributed by atoms with E-state index < -0.39 is 13.3 Å². The summed E-state index contributed by atoms with van der Waals surface area (Å²) in [5, 5.41) is 3.23. The number of benzene rings is 1. The zero-order chi connectivity index (χ0) is 13.2. The summed E-state index contributed by atoms with van der Waals surface area (Å²) in [6, 6.07) is 5.23. The van der Waals surface area contributed by atoms with Crippen LogP contribution in [0.25, 0.3) is 0 Å². The topological polar surface area (TPSA) is 15.3 Å². The van der Waals surface area contributed by atoms with Crippen LogP contribution in [-0.4, -0.2) is 33.2 Å². The van der Waals surface area contributed by atoms with E-state index in [4.69, 9.17) is 0 Å². The molecule has 0 spiro atoms. The summed E-state index contributed by atoms with van der Waals surface area (Å²) in [7, 11) is 0. The summed E-state index contributed by atoms with van der Waals surface area (Å²) >= 11 is 2.08. The largest absolute Gasteiger partial charge is 1.00 e. The first-order valence-electron chi connectivity index (χ1n) is 5.90. The zero-order valence-electron chi connectivity index (χ0n) is 10.8. The van der Waals surface area contributed by atoms with Crippen molar-refractivity contribution in [3.63, 3.8) is 0 Å². The molecule has 1 aromatic rings. The molecule has 0 radical (unpaired) electrons. The van der Waals surface area contributed by atoms with E-state index in [0.29, 0.717) is 5.56 Å². The summed E-state index contributed by atoms with van der Waals surface area (Å²) in [6.07, 6.45) is -0.796.